The molecule has 1 fully saturated rings. The Labute approximate surface area is 77.5 Å². The summed E-state index contributed by atoms with van der Waals surface area (Å²) in [6.07, 6.45) is 4.21. The highest BCUT2D eigenvalue weighted by molar-refractivity contribution is 5.53. The van der Waals surface area contributed by atoms with Gasteiger partial charge in [-0.3, -0.25) is 0 Å². The summed E-state index contributed by atoms with van der Waals surface area (Å²) in [5.41, 5.74) is 3.89. The van der Waals surface area contributed by atoms with Crippen molar-refractivity contribution in [2.45, 2.75) is 25.3 Å². The molecule has 1 aliphatic carbocycles. The molecule has 70 valence electrons. The van der Waals surface area contributed by atoms with Crippen LogP contribution in [0.3, 0.4) is 0 Å². The SMILES string of the molecule is CC1(Nc2ccnc(NN)c2)CC1. The number of hydrazine groups is 1. The Morgan fingerprint density at radius 2 is 2.31 bits per heavy atom. The maximum atomic E-state index is 5.26. The molecule has 1 aliphatic rings. The quantitative estimate of drug-likeness (QED) is 0.482. The van der Waals surface area contributed by atoms with E-state index in [9.17, 15) is 0 Å². The van der Waals surface area contributed by atoms with Gasteiger partial charge in [0.25, 0.3) is 0 Å². The van der Waals surface area contributed by atoms with Gasteiger partial charge in [0.2, 0.25) is 0 Å². The van der Waals surface area contributed by atoms with Crippen molar-refractivity contribution >= 4 is 11.5 Å². The zero-order chi connectivity index (χ0) is 9.31. The number of nitrogens with one attached hydrogen (secondary N) is 2. The largest absolute Gasteiger partial charge is 0.380 e. The summed E-state index contributed by atoms with van der Waals surface area (Å²) in [5, 5.41) is 3.43. The van der Waals surface area contributed by atoms with E-state index < -0.39 is 0 Å². The van der Waals surface area contributed by atoms with Crippen LogP contribution in [0.2, 0.25) is 0 Å². The van der Waals surface area contributed by atoms with Crippen molar-refractivity contribution in [3.05, 3.63) is 18.3 Å². The number of nitrogen functional groups attached to an aromatic ring is 1. The van der Waals surface area contributed by atoms with Gasteiger partial charge < -0.3 is 10.7 Å². The lowest BCUT2D eigenvalue weighted by Crippen LogP contribution is -2.16. The van der Waals surface area contributed by atoms with Crippen LogP contribution < -0.4 is 16.6 Å². The van der Waals surface area contributed by atoms with Crippen molar-refractivity contribution in [1.82, 2.24) is 4.98 Å². The van der Waals surface area contributed by atoms with E-state index in [1.165, 1.54) is 12.8 Å². The Bertz CT molecular complexity index is 306. The van der Waals surface area contributed by atoms with Crippen LogP contribution in [0.25, 0.3) is 0 Å². The average molecular weight is 178 g/mol. The van der Waals surface area contributed by atoms with Gasteiger partial charge in [-0.05, 0) is 25.8 Å². The van der Waals surface area contributed by atoms with Gasteiger partial charge >= 0.3 is 0 Å². The fourth-order valence-corrected chi connectivity index (χ4v) is 1.25. The minimum Gasteiger partial charge on any atom is -0.380 e. The van der Waals surface area contributed by atoms with Crippen LogP contribution in [0.5, 0.6) is 0 Å². The van der Waals surface area contributed by atoms with E-state index in [2.05, 4.69) is 22.7 Å². The Hall–Kier alpha value is -1.29. The van der Waals surface area contributed by atoms with Crippen LogP contribution in [-0.4, -0.2) is 10.5 Å². The molecule has 0 radical (unpaired) electrons. The average Bonchev–Trinajstić information content (AvgIpc) is 2.84. The van der Waals surface area contributed by atoms with Crippen LogP contribution in [-0.2, 0) is 0 Å². The third-order valence-corrected chi connectivity index (χ3v) is 2.35. The van der Waals surface area contributed by atoms with Crippen molar-refractivity contribution in [2.24, 2.45) is 5.84 Å². The molecule has 4 N–H and O–H groups in total. The molecular formula is C9H14N4. The smallest absolute Gasteiger partial charge is 0.141 e. The van der Waals surface area contributed by atoms with Gasteiger partial charge in [-0.15, -0.1) is 0 Å². The molecule has 1 aromatic heterocycles. The maximum Gasteiger partial charge on any atom is 0.141 e. The molecule has 13 heavy (non-hydrogen) atoms. The third-order valence-electron chi connectivity index (χ3n) is 2.35. The number of hydrogen-bond donors (Lipinski definition) is 3. The summed E-state index contributed by atoms with van der Waals surface area (Å²) < 4.78 is 0. The first-order valence-corrected chi connectivity index (χ1v) is 4.43. The van der Waals surface area contributed by atoms with Gasteiger partial charge in [0.15, 0.2) is 0 Å². The van der Waals surface area contributed by atoms with E-state index in [1.807, 2.05) is 12.1 Å². The summed E-state index contributed by atoms with van der Waals surface area (Å²) in [6, 6.07) is 3.86. The van der Waals surface area contributed by atoms with Crippen molar-refractivity contribution in [2.75, 3.05) is 10.7 Å². The first-order chi connectivity index (χ1) is 6.22. The van der Waals surface area contributed by atoms with Gasteiger partial charge in [0, 0.05) is 23.5 Å². The molecule has 0 spiro atoms. The number of anilines is 2. The number of hydrogen-bond acceptors (Lipinski definition) is 4. The predicted molar refractivity (Wildman–Crippen MR) is 53.3 cm³/mol. The normalized spacial score (nSPS) is 18.0. The molecule has 0 bridgehead atoms. The lowest BCUT2D eigenvalue weighted by atomic mass is 10.3. The Kier molecular flexibility index (Phi) is 1.84. The van der Waals surface area contributed by atoms with Gasteiger partial charge in [0.05, 0.1) is 0 Å². The Morgan fingerprint density at radius 1 is 1.54 bits per heavy atom. The van der Waals surface area contributed by atoms with Gasteiger partial charge in [-0.1, -0.05) is 0 Å². The van der Waals surface area contributed by atoms with Crippen molar-refractivity contribution in [3.63, 3.8) is 0 Å². The summed E-state index contributed by atoms with van der Waals surface area (Å²) in [6.45, 7) is 2.21. The minimum atomic E-state index is 0.299. The number of pyridine rings is 1. The molecule has 0 amide bonds. The maximum absolute atomic E-state index is 5.26. The lowest BCUT2D eigenvalue weighted by molar-refractivity contribution is 0.829. The van der Waals surface area contributed by atoms with E-state index in [0.717, 1.165) is 5.69 Å². The highest BCUT2D eigenvalue weighted by Gasteiger charge is 2.36. The first-order valence-electron chi connectivity index (χ1n) is 4.43. The molecule has 1 aromatic rings. The molecule has 0 aromatic carbocycles. The molecule has 4 heteroatoms. The van der Waals surface area contributed by atoms with Gasteiger partial charge in [-0.25, -0.2) is 10.8 Å². The molecule has 0 unspecified atom stereocenters. The first kappa shape index (κ1) is 8.31. The molecule has 1 saturated carbocycles. The lowest BCUT2D eigenvalue weighted by Gasteiger charge is -2.13. The molecule has 1 heterocycles. The Morgan fingerprint density at radius 3 is 2.92 bits per heavy atom. The van der Waals surface area contributed by atoms with Crippen LogP contribution in [0.1, 0.15) is 19.8 Å². The summed E-state index contributed by atoms with van der Waals surface area (Å²) in [4.78, 5) is 4.03. The summed E-state index contributed by atoms with van der Waals surface area (Å²) in [7, 11) is 0. The van der Waals surface area contributed by atoms with Crippen LogP contribution in [0.15, 0.2) is 18.3 Å². The monoisotopic (exact) mass is 178 g/mol. The van der Waals surface area contributed by atoms with Crippen LogP contribution in [0.4, 0.5) is 11.5 Å². The number of nitrogens with zero attached hydrogens (tertiary/aromatic N) is 1. The number of aromatic nitrogens is 1. The standard InChI is InChI=1S/C9H14N4/c1-9(3-4-9)12-7-2-5-11-8(6-7)13-10/h2,5-6H,3-4,10H2,1H3,(H2,11,12,13). The second-order valence-electron chi connectivity index (χ2n) is 3.76. The van der Waals surface area contributed by atoms with E-state index in [0.29, 0.717) is 11.4 Å². The summed E-state index contributed by atoms with van der Waals surface area (Å²) in [5.74, 6) is 5.95. The second kappa shape index (κ2) is 2.88. The van der Waals surface area contributed by atoms with Crippen molar-refractivity contribution in [1.29, 1.82) is 0 Å². The molecule has 4 nitrogen and oxygen atoms in total. The summed E-state index contributed by atoms with van der Waals surface area (Å²) >= 11 is 0. The molecular weight excluding hydrogens is 164 g/mol. The van der Waals surface area contributed by atoms with E-state index in [4.69, 9.17) is 5.84 Å². The van der Waals surface area contributed by atoms with Gasteiger partial charge in [-0.2, -0.15) is 0 Å². The minimum absolute atomic E-state index is 0.299. The van der Waals surface area contributed by atoms with Crippen molar-refractivity contribution in [3.8, 4) is 0 Å². The Balaban J connectivity index is 2.11. The predicted octanol–water partition coefficient (Wildman–Crippen LogP) is 1.33. The molecule has 0 atom stereocenters. The fraction of sp³-hybridized carbons (Fsp3) is 0.444. The van der Waals surface area contributed by atoms with Crippen LogP contribution >= 0.6 is 0 Å². The van der Waals surface area contributed by atoms with E-state index in [1.54, 1.807) is 6.20 Å². The highest BCUT2D eigenvalue weighted by atomic mass is 15.2. The second-order valence-corrected chi connectivity index (χ2v) is 3.76. The van der Waals surface area contributed by atoms with Crippen LogP contribution in [0, 0.1) is 0 Å². The van der Waals surface area contributed by atoms with Gasteiger partial charge in [0.1, 0.15) is 5.82 Å². The van der Waals surface area contributed by atoms with E-state index in [-0.39, 0.29) is 0 Å². The fourth-order valence-electron chi connectivity index (χ4n) is 1.25. The zero-order valence-corrected chi connectivity index (χ0v) is 7.67. The highest BCUT2D eigenvalue weighted by Crippen LogP contribution is 2.38. The molecule has 0 saturated heterocycles. The number of nitrogens with two attached hydrogens (primary N) is 1. The third kappa shape index (κ3) is 1.89. The van der Waals surface area contributed by atoms with E-state index >= 15 is 0 Å². The molecule has 0 aliphatic heterocycles. The number of rotatable bonds is 3. The zero-order valence-electron chi connectivity index (χ0n) is 7.67. The topological polar surface area (TPSA) is 63.0 Å². The molecule has 2 rings (SSSR count). The van der Waals surface area contributed by atoms with Crippen molar-refractivity contribution < 1.29 is 0 Å².